The Labute approximate surface area is 300 Å². The first-order valence-corrected chi connectivity index (χ1v) is 17.2. The monoisotopic (exact) mass is 718 g/mol. The zero-order valence-electron chi connectivity index (χ0n) is 28.4. The zero-order valence-corrected chi connectivity index (χ0v) is 29.2. The van der Waals surface area contributed by atoms with E-state index in [2.05, 4.69) is 19.9 Å². The van der Waals surface area contributed by atoms with Crippen LogP contribution in [-0.4, -0.2) is 56.4 Å². The first kappa shape index (κ1) is 40.0. The lowest BCUT2D eigenvalue weighted by atomic mass is 9.91. The number of amides is 4. The van der Waals surface area contributed by atoms with Crippen molar-refractivity contribution in [1.82, 2.24) is 9.80 Å². The summed E-state index contributed by atoms with van der Waals surface area (Å²) in [5.41, 5.74) is -0.628. The highest BCUT2D eigenvalue weighted by atomic mass is 35.5. The van der Waals surface area contributed by atoms with Crippen molar-refractivity contribution in [3.63, 3.8) is 0 Å². The number of unbranched alkanes of at least 4 members (excludes halogenated alkanes) is 6. The van der Waals surface area contributed by atoms with Crippen molar-refractivity contribution >= 4 is 46.6 Å². The first-order chi connectivity index (χ1) is 24.4. The van der Waals surface area contributed by atoms with E-state index in [1.807, 2.05) is 0 Å². The number of nitrogens with zero attached hydrogens (tertiary/aromatic N) is 6. The smallest absolute Gasteiger partial charge is 0.269 e. The van der Waals surface area contributed by atoms with Crippen molar-refractivity contribution in [2.75, 3.05) is 13.1 Å². The minimum Gasteiger partial charge on any atom is -0.282 e. The molecule has 51 heavy (non-hydrogen) atoms. The Morgan fingerprint density at radius 3 is 1.73 bits per heavy atom. The third-order valence-corrected chi connectivity index (χ3v) is 9.20. The maximum Gasteiger partial charge on any atom is 0.269 e. The van der Waals surface area contributed by atoms with Gasteiger partial charge in [-0.05, 0) is 24.0 Å². The Morgan fingerprint density at radius 2 is 1.25 bits per heavy atom. The predicted molar refractivity (Wildman–Crippen MR) is 186 cm³/mol. The van der Waals surface area contributed by atoms with Crippen LogP contribution in [0.25, 0.3) is 0 Å². The Balaban J connectivity index is 0.000000228. The van der Waals surface area contributed by atoms with Gasteiger partial charge in [-0.1, -0.05) is 76.6 Å². The molecule has 14 nitrogen and oxygen atoms in total. The molecule has 2 fully saturated rings. The van der Waals surface area contributed by atoms with Crippen LogP contribution in [0.1, 0.15) is 81.7 Å². The molecule has 3 aliphatic rings. The number of rotatable bonds is 14. The molecule has 4 amide bonds. The number of nitro benzene ring substituents is 2. The van der Waals surface area contributed by atoms with Crippen LogP contribution in [0.3, 0.4) is 0 Å². The van der Waals surface area contributed by atoms with E-state index in [-0.39, 0.29) is 35.0 Å². The van der Waals surface area contributed by atoms with Gasteiger partial charge in [0, 0.05) is 49.5 Å². The Morgan fingerprint density at radius 1 is 0.765 bits per heavy atom. The summed E-state index contributed by atoms with van der Waals surface area (Å²) in [6.07, 6.45) is 10.9. The third kappa shape index (κ3) is 9.41. The molecule has 0 spiro atoms. The minimum absolute atomic E-state index is 0.0570. The van der Waals surface area contributed by atoms with Crippen molar-refractivity contribution in [3.8, 4) is 12.1 Å². The standard InChI is InChI=1S/C18H19N3O4.C10H15NO2.C8H5ClN2O2/c1-2-3-4-5-9-20-16(22)14-15(17(20)23)18(14,11-19)12-7-6-8-13(10-12)21(24)25;1-2-3-4-5-8-11-9(12)6-7-10(11)13;9-8(5-10)6-2-1-3-7(4-6)11(12)13/h6-8,10,14-15H,2-5,9H2,1H3;6-7H,2-5,8H2,1H3;1-4,8H. The van der Waals surface area contributed by atoms with Gasteiger partial charge in [0.15, 0.2) is 0 Å². The van der Waals surface area contributed by atoms with Crippen molar-refractivity contribution in [2.45, 2.75) is 76.0 Å². The fourth-order valence-corrected chi connectivity index (χ4v) is 6.22. The fourth-order valence-electron chi connectivity index (χ4n) is 6.08. The molecule has 1 aliphatic carbocycles. The molecule has 0 radical (unpaired) electrons. The van der Waals surface area contributed by atoms with Gasteiger partial charge in [0.2, 0.25) is 11.8 Å². The quantitative estimate of drug-likeness (QED) is 0.0686. The van der Waals surface area contributed by atoms with Crippen LogP contribution < -0.4 is 0 Å². The summed E-state index contributed by atoms with van der Waals surface area (Å²) >= 11 is 5.58. The molecular weight excluding hydrogens is 680 g/mol. The van der Waals surface area contributed by atoms with Crippen molar-refractivity contribution in [3.05, 3.63) is 92.0 Å². The van der Waals surface area contributed by atoms with Crippen LogP contribution in [0.5, 0.6) is 0 Å². The van der Waals surface area contributed by atoms with Gasteiger partial charge >= 0.3 is 0 Å². The number of carbonyl (C=O) groups excluding carboxylic acids is 4. The van der Waals surface area contributed by atoms with Crippen molar-refractivity contribution in [1.29, 1.82) is 10.5 Å². The average molecular weight is 719 g/mol. The number of likely N-dealkylation sites (tertiary alicyclic amines) is 1. The van der Waals surface area contributed by atoms with Crippen LogP contribution in [0.15, 0.2) is 60.7 Å². The largest absolute Gasteiger partial charge is 0.282 e. The molecule has 2 aliphatic heterocycles. The number of imide groups is 2. The molecule has 0 bridgehead atoms. The number of piperidine rings is 1. The zero-order chi connectivity index (χ0) is 37.7. The molecule has 15 heteroatoms. The molecule has 0 N–H and O–H groups in total. The van der Waals surface area contributed by atoms with Gasteiger partial charge in [0.25, 0.3) is 23.2 Å². The van der Waals surface area contributed by atoms with Gasteiger partial charge in [-0.15, -0.1) is 11.6 Å². The van der Waals surface area contributed by atoms with Crippen LogP contribution in [0, 0.1) is 54.7 Å². The van der Waals surface area contributed by atoms with Gasteiger partial charge in [0.05, 0.1) is 33.8 Å². The summed E-state index contributed by atoms with van der Waals surface area (Å²) in [6, 6.07) is 15.3. The first-order valence-electron chi connectivity index (χ1n) is 16.7. The molecule has 3 unspecified atom stereocenters. The molecular formula is C36H39ClN6O8. The van der Waals surface area contributed by atoms with E-state index >= 15 is 0 Å². The maximum atomic E-state index is 12.6. The highest BCUT2D eigenvalue weighted by Crippen LogP contribution is 2.64. The number of nitriles is 2. The second kappa shape index (κ2) is 18.5. The number of hydrogen-bond acceptors (Lipinski definition) is 10. The van der Waals surface area contributed by atoms with E-state index in [0.717, 1.165) is 38.5 Å². The third-order valence-electron chi connectivity index (χ3n) is 8.85. The molecule has 2 aromatic rings. The minimum atomic E-state index is -1.25. The molecule has 0 aromatic heterocycles. The molecule has 5 rings (SSSR count). The van der Waals surface area contributed by atoms with Crippen LogP contribution in [-0.2, 0) is 24.6 Å². The second-order valence-corrected chi connectivity index (χ2v) is 12.6. The summed E-state index contributed by atoms with van der Waals surface area (Å²) in [5.74, 6) is -2.39. The number of halogens is 1. The molecule has 1 saturated heterocycles. The number of hydrogen-bond donors (Lipinski definition) is 0. The van der Waals surface area contributed by atoms with E-state index in [9.17, 15) is 44.7 Å². The summed E-state index contributed by atoms with van der Waals surface area (Å²) < 4.78 is 0. The average Bonchev–Trinajstić information content (AvgIpc) is 3.64. The van der Waals surface area contributed by atoms with E-state index < -0.39 is 32.5 Å². The van der Waals surface area contributed by atoms with Gasteiger partial charge < -0.3 is 0 Å². The lowest BCUT2D eigenvalue weighted by molar-refractivity contribution is -0.385. The fraction of sp³-hybridized carbons (Fsp3) is 0.444. The Bertz CT molecular complexity index is 1730. The van der Waals surface area contributed by atoms with E-state index in [0.29, 0.717) is 24.2 Å². The maximum absolute atomic E-state index is 12.6. The topological polar surface area (TPSA) is 209 Å². The van der Waals surface area contributed by atoms with Gasteiger partial charge in [-0.25, -0.2) is 0 Å². The van der Waals surface area contributed by atoms with Crippen LogP contribution >= 0.6 is 11.6 Å². The SMILES string of the molecule is CCCCCCN1C(=O)C2C(C1=O)C2(C#N)c1cccc([N+](=O)[O-])c1.CCCCCCN1C(=O)C=CC1=O.N#CC(Cl)c1cccc([N+](=O)[O-])c1. The predicted octanol–water partition coefficient (Wildman–Crippen LogP) is 6.44. The highest BCUT2D eigenvalue weighted by molar-refractivity contribution is 6.22. The summed E-state index contributed by atoms with van der Waals surface area (Å²) in [4.78, 5) is 70.2. The Kier molecular flexibility index (Phi) is 14.5. The lowest BCUT2D eigenvalue weighted by Gasteiger charge is -2.21. The molecule has 3 atom stereocenters. The van der Waals surface area contributed by atoms with Crippen molar-refractivity contribution < 1.29 is 29.0 Å². The number of non-ortho nitro benzene ring substituents is 2. The van der Waals surface area contributed by atoms with Gasteiger partial charge in [-0.3, -0.25) is 49.2 Å². The lowest BCUT2D eigenvalue weighted by Crippen LogP contribution is -2.39. The second-order valence-electron chi connectivity index (χ2n) is 12.2. The molecule has 1 saturated carbocycles. The molecule has 2 aromatic carbocycles. The number of benzene rings is 2. The Hall–Kier alpha value is -5.47. The number of carbonyl (C=O) groups is 4. The van der Waals surface area contributed by atoms with E-state index in [1.54, 1.807) is 18.2 Å². The van der Waals surface area contributed by atoms with E-state index in [1.165, 1.54) is 71.2 Å². The van der Waals surface area contributed by atoms with Crippen LogP contribution in [0.2, 0.25) is 0 Å². The van der Waals surface area contributed by atoms with Gasteiger partial charge in [-0.2, -0.15) is 10.5 Å². The van der Waals surface area contributed by atoms with Crippen LogP contribution in [0.4, 0.5) is 11.4 Å². The summed E-state index contributed by atoms with van der Waals surface area (Å²) in [5, 5.41) is 38.6. The number of alkyl halides is 1. The summed E-state index contributed by atoms with van der Waals surface area (Å²) in [7, 11) is 0. The van der Waals surface area contributed by atoms with Crippen molar-refractivity contribution in [2.24, 2.45) is 11.8 Å². The summed E-state index contributed by atoms with van der Waals surface area (Å²) in [6.45, 7) is 5.18. The highest BCUT2D eigenvalue weighted by Gasteiger charge is 2.79. The normalized spacial score (nSPS) is 20.3. The van der Waals surface area contributed by atoms with Gasteiger partial charge in [0.1, 0.15) is 10.8 Å². The molecule has 268 valence electrons. The molecule has 2 heterocycles. The number of nitro groups is 2. The van der Waals surface area contributed by atoms with E-state index in [4.69, 9.17) is 16.9 Å². The number of fused-ring (bicyclic) bond motifs is 1.